The molecular weight excluding hydrogens is 455 g/mol. The van der Waals surface area contributed by atoms with Crippen LogP contribution in [0.4, 0.5) is 0 Å². The molecule has 3 rings (SSSR count). The van der Waals surface area contributed by atoms with E-state index >= 15 is 0 Å². The van der Waals surface area contributed by atoms with E-state index in [0.29, 0.717) is 5.65 Å². The summed E-state index contributed by atoms with van der Waals surface area (Å²) in [5.41, 5.74) is 0.475. The number of halogens is 1. The molecule has 0 saturated heterocycles. The van der Waals surface area contributed by atoms with Gasteiger partial charge >= 0.3 is 0 Å². The van der Waals surface area contributed by atoms with Crippen LogP contribution in [0.15, 0.2) is 58.6 Å². The topological polar surface area (TPSA) is 52.0 Å². The van der Waals surface area contributed by atoms with Gasteiger partial charge in [-0.2, -0.15) is 0 Å². The molecule has 126 valence electrons. The Hall–Kier alpha value is -1.06. The fourth-order valence-corrected chi connectivity index (χ4v) is 5.53. The monoisotopic (exact) mass is 472 g/mol. The number of benzene rings is 1. The average molecular weight is 472 g/mol. The second-order valence-electron chi connectivity index (χ2n) is 5.34. The van der Waals surface area contributed by atoms with Crippen molar-refractivity contribution in [1.29, 1.82) is 0 Å². The highest BCUT2D eigenvalue weighted by Gasteiger charge is 2.21. The third-order valence-electron chi connectivity index (χ3n) is 3.60. The molecular formula is C17H17IN2O2S2. The van der Waals surface area contributed by atoms with E-state index in [1.807, 2.05) is 6.07 Å². The quantitative estimate of drug-likeness (QED) is 0.295. The summed E-state index contributed by atoms with van der Waals surface area (Å²) in [6, 6.07) is 10.5. The Labute approximate surface area is 159 Å². The summed E-state index contributed by atoms with van der Waals surface area (Å²) >= 11 is 3.92. The molecule has 0 N–H and O–H groups in total. The van der Waals surface area contributed by atoms with Crippen molar-refractivity contribution in [1.82, 2.24) is 8.96 Å². The molecule has 0 aliphatic carbocycles. The molecule has 0 amide bonds. The average Bonchev–Trinajstić information content (AvgIpc) is 2.93. The fourth-order valence-electron chi connectivity index (χ4n) is 2.33. The highest BCUT2D eigenvalue weighted by Crippen LogP contribution is 2.29. The molecule has 2 heterocycles. The number of rotatable bonds is 6. The summed E-state index contributed by atoms with van der Waals surface area (Å²) < 4.78 is 27.9. The van der Waals surface area contributed by atoms with Crippen LogP contribution < -0.4 is 0 Å². The number of unbranched alkanes of at least 4 members (excludes halogenated alkanes) is 1. The van der Waals surface area contributed by atoms with Crippen molar-refractivity contribution in [2.45, 2.75) is 29.6 Å². The van der Waals surface area contributed by atoms with Crippen molar-refractivity contribution >= 4 is 55.4 Å². The van der Waals surface area contributed by atoms with Crippen molar-refractivity contribution in [2.24, 2.45) is 0 Å². The van der Waals surface area contributed by atoms with Crippen LogP contribution in [0.3, 0.4) is 0 Å². The second kappa shape index (κ2) is 7.45. The Balaban J connectivity index is 2.04. The number of fused-ring (bicyclic) bond motifs is 1. The Kier molecular flexibility index (Phi) is 5.51. The number of thioether (sulfide) groups is 1. The van der Waals surface area contributed by atoms with E-state index in [0.717, 1.165) is 32.4 Å². The zero-order valence-corrected chi connectivity index (χ0v) is 16.9. The van der Waals surface area contributed by atoms with E-state index in [9.17, 15) is 8.42 Å². The Bertz CT molecular complexity index is 953. The van der Waals surface area contributed by atoms with Gasteiger partial charge in [0, 0.05) is 26.2 Å². The molecule has 0 fully saturated rings. The van der Waals surface area contributed by atoms with Gasteiger partial charge in [-0.1, -0.05) is 31.5 Å². The summed E-state index contributed by atoms with van der Waals surface area (Å²) in [6.07, 6.45) is 5.71. The predicted octanol–water partition coefficient (Wildman–Crippen LogP) is 4.77. The standard InChI is InChI=1S/C17H17IN2O2S2/c1-2-3-9-23-13-10-15-16(18)12-20(17(15)19-11-13)24(21,22)14-7-5-4-6-8-14/h4-8,10-12H,2-3,9H2,1H3. The first-order valence-electron chi connectivity index (χ1n) is 7.64. The minimum absolute atomic E-state index is 0.265. The van der Waals surface area contributed by atoms with Gasteiger partial charge in [-0.15, -0.1) is 11.8 Å². The van der Waals surface area contributed by atoms with E-state index in [-0.39, 0.29) is 4.90 Å². The first-order valence-corrected chi connectivity index (χ1v) is 11.1. The third kappa shape index (κ3) is 3.48. The Morgan fingerprint density at radius 2 is 2.00 bits per heavy atom. The van der Waals surface area contributed by atoms with Gasteiger partial charge in [0.25, 0.3) is 10.0 Å². The molecule has 0 unspecified atom stereocenters. The molecule has 0 spiro atoms. The molecule has 2 aromatic heterocycles. The maximum Gasteiger partial charge on any atom is 0.269 e. The summed E-state index contributed by atoms with van der Waals surface area (Å²) in [5.74, 6) is 1.04. The molecule has 4 nitrogen and oxygen atoms in total. The van der Waals surface area contributed by atoms with Crippen LogP contribution in [0.25, 0.3) is 11.0 Å². The first kappa shape index (κ1) is 17.8. The van der Waals surface area contributed by atoms with Gasteiger partial charge in [0.1, 0.15) is 0 Å². The lowest BCUT2D eigenvalue weighted by atomic mass is 10.3. The number of aromatic nitrogens is 2. The normalized spacial score (nSPS) is 11.9. The molecule has 0 saturated carbocycles. The van der Waals surface area contributed by atoms with Crippen LogP contribution >= 0.6 is 34.4 Å². The lowest BCUT2D eigenvalue weighted by Gasteiger charge is -2.07. The first-order chi connectivity index (χ1) is 11.5. The Morgan fingerprint density at radius 1 is 1.25 bits per heavy atom. The van der Waals surface area contributed by atoms with Crippen LogP contribution in [0.1, 0.15) is 19.8 Å². The molecule has 0 bridgehead atoms. The minimum Gasteiger partial charge on any atom is -0.236 e. The second-order valence-corrected chi connectivity index (χ2v) is 9.48. The number of nitrogens with zero attached hydrogens (tertiary/aromatic N) is 2. The highest BCUT2D eigenvalue weighted by molar-refractivity contribution is 14.1. The lowest BCUT2D eigenvalue weighted by molar-refractivity contribution is 0.588. The minimum atomic E-state index is -3.64. The van der Waals surface area contributed by atoms with Crippen molar-refractivity contribution in [2.75, 3.05) is 5.75 Å². The molecule has 0 atom stereocenters. The maximum absolute atomic E-state index is 12.9. The van der Waals surface area contributed by atoms with Crippen molar-refractivity contribution in [3.63, 3.8) is 0 Å². The molecule has 0 radical (unpaired) electrons. The summed E-state index contributed by atoms with van der Waals surface area (Å²) in [5, 5.41) is 0.872. The Morgan fingerprint density at radius 3 is 2.71 bits per heavy atom. The van der Waals surface area contributed by atoms with Gasteiger partial charge in [0.15, 0.2) is 5.65 Å². The number of pyridine rings is 1. The van der Waals surface area contributed by atoms with Crippen LogP contribution in [0, 0.1) is 3.57 Å². The van der Waals surface area contributed by atoms with E-state index in [2.05, 4.69) is 34.5 Å². The van der Waals surface area contributed by atoms with Crippen LogP contribution in [-0.2, 0) is 10.0 Å². The molecule has 3 aromatic rings. The van der Waals surface area contributed by atoms with Crippen LogP contribution in [0.5, 0.6) is 0 Å². The van der Waals surface area contributed by atoms with E-state index < -0.39 is 10.0 Å². The fraction of sp³-hybridized carbons (Fsp3) is 0.235. The van der Waals surface area contributed by atoms with Gasteiger partial charge in [-0.3, -0.25) is 0 Å². The molecule has 0 aliphatic heterocycles. The van der Waals surface area contributed by atoms with Crippen LogP contribution in [0.2, 0.25) is 0 Å². The van der Waals surface area contributed by atoms with Gasteiger partial charge in [-0.05, 0) is 53.0 Å². The van der Waals surface area contributed by atoms with Gasteiger partial charge < -0.3 is 0 Å². The lowest BCUT2D eigenvalue weighted by Crippen LogP contribution is -2.12. The van der Waals surface area contributed by atoms with Gasteiger partial charge in [0.2, 0.25) is 0 Å². The zero-order chi connectivity index (χ0) is 17.2. The summed E-state index contributed by atoms with van der Waals surface area (Å²) in [7, 11) is -3.64. The van der Waals surface area contributed by atoms with Crippen molar-refractivity contribution < 1.29 is 8.42 Å². The predicted molar refractivity (Wildman–Crippen MR) is 107 cm³/mol. The summed E-state index contributed by atoms with van der Waals surface area (Å²) in [4.78, 5) is 5.77. The maximum atomic E-state index is 12.9. The van der Waals surface area contributed by atoms with E-state index in [4.69, 9.17) is 0 Å². The molecule has 7 heteroatoms. The zero-order valence-electron chi connectivity index (χ0n) is 13.1. The number of hydrogen-bond acceptors (Lipinski definition) is 4. The largest absolute Gasteiger partial charge is 0.269 e. The third-order valence-corrected chi connectivity index (χ3v) is 7.18. The van der Waals surface area contributed by atoms with Crippen molar-refractivity contribution in [3.8, 4) is 0 Å². The van der Waals surface area contributed by atoms with Gasteiger partial charge in [0.05, 0.1) is 4.90 Å². The van der Waals surface area contributed by atoms with Crippen LogP contribution in [-0.4, -0.2) is 23.1 Å². The van der Waals surface area contributed by atoms with E-state index in [1.165, 1.54) is 3.97 Å². The smallest absolute Gasteiger partial charge is 0.236 e. The number of hydrogen-bond donors (Lipinski definition) is 0. The summed E-state index contributed by atoms with van der Waals surface area (Å²) in [6.45, 7) is 2.17. The molecule has 0 aliphatic rings. The van der Waals surface area contributed by atoms with Crippen molar-refractivity contribution in [3.05, 3.63) is 52.4 Å². The molecule has 24 heavy (non-hydrogen) atoms. The SMILES string of the molecule is CCCCSc1cnc2c(c1)c(I)cn2S(=O)(=O)c1ccccc1. The highest BCUT2D eigenvalue weighted by atomic mass is 127. The molecule has 1 aromatic carbocycles. The van der Waals surface area contributed by atoms with E-state index in [1.54, 1.807) is 54.5 Å². The van der Waals surface area contributed by atoms with Gasteiger partial charge in [-0.25, -0.2) is 17.4 Å².